The van der Waals surface area contributed by atoms with Crippen molar-refractivity contribution in [3.63, 3.8) is 0 Å². The standard InChI is InChI=1S/C17H19BrINO/c1-3-9-20-12(2)16-8-7-13(18)10-17(16)21-15-6-4-5-14(19)11-15/h4-8,10-12,20H,3,9H2,1-2H3. The average molecular weight is 460 g/mol. The molecule has 0 aromatic heterocycles. The SMILES string of the molecule is CCCNC(C)c1ccc(Br)cc1Oc1cccc(I)c1. The van der Waals surface area contributed by atoms with Gasteiger partial charge in [0.15, 0.2) is 0 Å². The van der Waals surface area contributed by atoms with Gasteiger partial charge in [0.2, 0.25) is 0 Å². The highest BCUT2D eigenvalue weighted by Gasteiger charge is 2.12. The van der Waals surface area contributed by atoms with Gasteiger partial charge in [0, 0.05) is 19.6 Å². The van der Waals surface area contributed by atoms with E-state index in [0.29, 0.717) is 0 Å². The van der Waals surface area contributed by atoms with Gasteiger partial charge in [-0.3, -0.25) is 0 Å². The van der Waals surface area contributed by atoms with Crippen molar-refractivity contribution in [2.75, 3.05) is 6.54 Å². The van der Waals surface area contributed by atoms with Crippen LogP contribution in [-0.2, 0) is 0 Å². The van der Waals surface area contributed by atoms with Gasteiger partial charge in [-0.25, -0.2) is 0 Å². The summed E-state index contributed by atoms with van der Waals surface area (Å²) in [6, 6.07) is 14.5. The lowest BCUT2D eigenvalue weighted by molar-refractivity contribution is 0.460. The Bertz CT molecular complexity index is 603. The quantitative estimate of drug-likeness (QED) is 0.542. The Morgan fingerprint density at radius 2 is 2.05 bits per heavy atom. The van der Waals surface area contributed by atoms with Crippen molar-refractivity contribution >= 4 is 38.5 Å². The third-order valence-electron chi connectivity index (χ3n) is 3.17. The monoisotopic (exact) mass is 459 g/mol. The molecule has 0 saturated carbocycles. The van der Waals surface area contributed by atoms with Crippen LogP contribution < -0.4 is 10.1 Å². The van der Waals surface area contributed by atoms with Gasteiger partial charge < -0.3 is 10.1 Å². The van der Waals surface area contributed by atoms with Crippen molar-refractivity contribution in [1.29, 1.82) is 0 Å². The summed E-state index contributed by atoms with van der Waals surface area (Å²) in [6.45, 7) is 5.34. The molecule has 4 heteroatoms. The second kappa shape index (κ2) is 8.15. The number of hydrogen-bond donors (Lipinski definition) is 1. The van der Waals surface area contributed by atoms with Crippen molar-refractivity contribution in [1.82, 2.24) is 5.32 Å². The Morgan fingerprint density at radius 3 is 2.76 bits per heavy atom. The fourth-order valence-electron chi connectivity index (χ4n) is 2.08. The molecule has 0 spiro atoms. The summed E-state index contributed by atoms with van der Waals surface area (Å²) >= 11 is 5.82. The summed E-state index contributed by atoms with van der Waals surface area (Å²) < 4.78 is 8.29. The Hall–Kier alpha value is -0.590. The van der Waals surface area contributed by atoms with Crippen LogP contribution in [0.1, 0.15) is 31.9 Å². The van der Waals surface area contributed by atoms with Crippen LogP contribution >= 0.6 is 38.5 Å². The lowest BCUT2D eigenvalue weighted by atomic mass is 10.1. The number of ether oxygens (including phenoxy) is 1. The van der Waals surface area contributed by atoms with E-state index in [0.717, 1.165) is 28.9 Å². The third-order valence-corrected chi connectivity index (χ3v) is 4.33. The minimum Gasteiger partial charge on any atom is -0.457 e. The summed E-state index contributed by atoms with van der Waals surface area (Å²) in [5.41, 5.74) is 1.17. The molecule has 1 N–H and O–H groups in total. The molecule has 2 aromatic carbocycles. The molecule has 1 unspecified atom stereocenters. The number of benzene rings is 2. The maximum absolute atomic E-state index is 6.10. The molecule has 112 valence electrons. The molecule has 0 aliphatic heterocycles. The Labute approximate surface area is 148 Å². The van der Waals surface area contributed by atoms with Crippen LogP contribution in [0.2, 0.25) is 0 Å². The largest absolute Gasteiger partial charge is 0.457 e. The summed E-state index contributed by atoms with van der Waals surface area (Å²) in [5.74, 6) is 1.76. The molecule has 0 aliphatic carbocycles. The lowest BCUT2D eigenvalue weighted by Gasteiger charge is -2.18. The van der Waals surface area contributed by atoms with Gasteiger partial charge in [-0.15, -0.1) is 0 Å². The predicted octanol–water partition coefficient (Wildman–Crippen LogP) is 5.91. The van der Waals surface area contributed by atoms with Gasteiger partial charge in [-0.2, -0.15) is 0 Å². The van der Waals surface area contributed by atoms with Crippen molar-refractivity contribution < 1.29 is 4.74 Å². The number of halogens is 2. The van der Waals surface area contributed by atoms with E-state index < -0.39 is 0 Å². The molecular weight excluding hydrogens is 441 g/mol. The molecule has 0 bridgehead atoms. The highest BCUT2D eigenvalue weighted by atomic mass is 127. The fourth-order valence-corrected chi connectivity index (χ4v) is 2.94. The maximum atomic E-state index is 6.10. The average Bonchev–Trinajstić information content (AvgIpc) is 2.45. The zero-order valence-electron chi connectivity index (χ0n) is 12.2. The summed E-state index contributed by atoms with van der Waals surface area (Å²) in [4.78, 5) is 0. The molecule has 21 heavy (non-hydrogen) atoms. The van der Waals surface area contributed by atoms with Gasteiger partial charge in [0.05, 0.1) is 0 Å². The van der Waals surface area contributed by atoms with Crippen LogP contribution in [0.3, 0.4) is 0 Å². The lowest BCUT2D eigenvalue weighted by Crippen LogP contribution is -2.19. The van der Waals surface area contributed by atoms with E-state index in [-0.39, 0.29) is 6.04 Å². The summed E-state index contributed by atoms with van der Waals surface area (Å²) in [7, 11) is 0. The normalized spacial score (nSPS) is 12.2. The molecule has 2 aromatic rings. The Balaban J connectivity index is 2.26. The zero-order valence-corrected chi connectivity index (χ0v) is 15.9. The summed E-state index contributed by atoms with van der Waals surface area (Å²) in [5, 5.41) is 3.51. The number of rotatable bonds is 6. The van der Waals surface area contributed by atoms with Gasteiger partial charge in [0.1, 0.15) is 11.5 Å². The van der Waals surface area contributed by atoms with Crippen LogP contribution in [0.25, 0.3) is 0 Å². The predicted molar refractivity (Wildman–Crippen MR) is 100 cm³/mol. The molecule has 2 rings (SSSR count). The van der Waals surface area contributed by atoms with E-state index in [1.165, 1.54) is 9.13 Å². The highest BCUT2D eigenvalue weighted by molar-refractivity contribution is 14.1. The molecule has 1 atom stereocenters. The second-order valence-corrected chi connectivity index (χ2v) is 7.08. The Kier molecular flexibility index (Phi) is 6.51. The fraction of sp³-hybridized carbons (Fsp3) is 0.294. The van der Waals surface area contributed by atoms with Gasteiger partial charge in [-0.1, -0.05) is 35.0 Å². The van der Waals surface area contributed by atoms with E-state index >= 15 is 0 Å². The first-order valence-electron chi connectivity index (χ1n) is 7.06. The van der Waals surface area contributed by atoms with Gasteiger partial charge in [0.25, 0.3) is 0 Å². The van der Waals surface area contributed by atoms with Gasteiger partial charge in [-0.05, 0) is 72.8 Å². The van der Waals surface area contributed by atoms with Crippen LogP contribution in [0.4, 0.5) is 0 Å². The van der Waals surface area contributed by atoms with Crippen molar-refractivity contribution in [2.45, 2.75) is 26.3 Å². The first-order chi connectivity index (χ1) is 10.1. The molecule has 0 aliphatic rings. The van der Waals surface area contributed by atoms with Crippen LogP contribution in [0.5, 0.6) is 11.5 Å². The topological polar surface area (TPSA) is 21.3 Å². The molecule has 0 heterocycles. The van der Waals surface area contributed by atoms with E-state index in [4.69, 9.17) is 4.74 Å². The molecular formula is C17H19BrINO. The number of nitrogens with one attached hydrogen (secondary N) is 1. The molecule has 2 nitrogen and oxygen atoms in total. The first kappa shape index (κ1) is 16.8. The first-order valence-corrected chi connectivity index (χ1v) is 8.93. The van der Waals surface area contributed by atoms with Crippen LogP contribution in [0.15, 0.2) is 46.9 Å². The zero-order chi connectivity index (χ0) is 15.2. The highest BCUT2D eigenvalue weighted by Crippen LogP contribution is 2.32. The van der Waals surface area contributed by atoms with Crippen LogP contribution in [-0.4, -0.2) is 6.54 Å². The van der Waals surface area contributed by atoms with Crippen LogP contribution in [0, 0.1) is 3.57 Å². The second-order valence-electron chi connectivity index (χ2n) is 4.92. The van der Waals surface area contributed by atoms with Crippen molar-refractivity contribution in [3.05, 3.63) is 56.1 Å². The molecule has 0 radical (unpaired) electrons. The van der Waals surface area contributed by atoms with E-state index in [1.807, 2.05) is 24.3 Å². The molecule has 0 fully saturated rings. The molecule has 0 amide bonds. The van der Waals surface area contributed by atoms with E-state index in [9.17, 15) is 0 Å². The summed E-state index contributed by atoms with van der Waals surface area (Å²) in [6.07, 6.45) is 1.12. The van der Waals surface area contributed by atoms with Crippen molar-refractivity contribution in [2.24, 2.45) is 0 Å². The number of hydrogen-bond acceptors (Lipinski definition) is 2. The molecule has 0 saturated heterocycles. The van der Waals surface area contributed by atoms with Crippen molar-refractivity contribution in [3.8, 4) is 11.5 Å². The van der Waals surface area contributed by atoms with E-state index in [2.05, 4.69) is 75.9 Å². The van der Waals surface area contributed by atoms with E-state index in [1.54, 1.807) is 0 Å². The third kappa shape index (κ3) is 4.97. The maximum Gasteiger partial charge on any atom is 0.133 e. The smallest absolute Gasteiger partial charge is 0.133 e. The minimum absolute atomic E-state index is 0.260. The van der Waals surface area contributed by atoms with Gasteiger partial charge >= 0.3 is 0 Å². The minimum atomic E-state index is 0.260. The Morgan fingerprint density at radius 1 is 1.24 bits per heavy atom.